The number of hydrogen-bond acceptors (Lipinski definition) is 4. The monoisotopic (exact) mass is 400 g/mol. The van der Waals surface area contributed by atoms with E-state index in [0.29, 0.717) is 25.7 Å². The normalized spacial score (nSPS) is 10.8. The van der Waals surface area contributed by atoms with Crippen LogP contribution in [0.15, 0.2) is 42.5 Å². The molecule has 7 heteroatoms. The molecule has 0 aliphatic rings. The molecule has 3 nitrogen and oxygen atoms in total. The molecule has 24 heavy (non-hydrogen) atoms. The predicted octanol–water partition coefficient (Wildman–Crippen LogP) is 6.10. The number of hydrogen-bond donors (Lipinski definition) is 0. The van der Waals surface area contributed by atoms with Crippen molar-refractivity contribution in [1.29, 1.82) is 0 Å². The zero-order chi connectivity index (χ0) is 17.1. The van der Waals surface area contributed by atoms with Gasteiger partial charge in [0, 0.05) is 15.1 Å². The highest BCUT2D eigenvalue weighted by atomic mass is 35.5. The zero-order valence-corrected chi connectivity index (χ0v) is 15.3. The lowest BCUT2D eigenvalue weighted by Gasteiger charge is -2.08. The van der Waals surface area contributed by atoms with E-state index in [-0.39, 0.29) is 13.2 Å². The van der Waals surface area contributed by atoms with Crippen LogP contribution >= 0.6 is 46.1 Å². The molecule has 0 amide bonds. The summed E-state index contributed by atoms with van der Waals surface area (Å²) in [5.41, 5.74) is 0. The maximum Gasteiger partial charge on any atom is 0.350 e. The molecule has 3 aromatic rings. The van der Waals surface area contributed by atoms with Crippen LogP contribution in [0, 0.1) is 0 Å². The number of carbonyl (C=O) groups is 1. The van der Waals surface area contributed by atoms with E-state index in [2.05, 4.69) is 0 Å². The maximum absolute atomic E-state index is 12.2. The summed E-state index contributed by atoms with van der Waals surface area (Å²) in [5, 5.41) is 2.26. The van der Waals surface area contributed by atoms with Gasteiger partial charge in [-0.2, -0.15) is 0 Å². The van der Waals surface area contributed by atoms with Gasteiger partial charge in [-0.25, -0.2) is 4.79 Å². The Morgan fingerprint density at radius 1 is 1.04 bits per heavy atom. The van der Waals surface area contributed by atoms with E-state index in [1.54, 1.807) is 30.3 Å². The van der Waals surface area contributed by atoms with E-state index in [9.17, 15) is 4.79 Å². The van der Waals surface area contributed by atoms with E-state index in [1.807, 2.05) is 12.1 Å². The van der Waals surface area contributed by atoms with E-state index in [1.165, 1.54) is 11.3 Å². The molecule has 0 aliphatic carbocycles. The number of benzene rings is 2. The molecule has 0 atom stereocenters. The number of fused-ring (bicyclic) bond motifs is 1. The van der Waals surface area contributed by atoms with Gasteiger partial charge in [0.05, 0.1) is 10.0 Å². The highest BCUT2D eigenvalue weighted by Crippen LogP contribution is 2.37. The second-order valence-corrected chi connectivity index (χ2v) is 7.07. The number of esters is 1. The van der Waals surface area contributed by atoms with Gasteiger partial charge in [0.1, 0.15) is 23.8 Å². The maximum atomic E-state index is 12.2. The molecule has 0 unspecified atom stereocenters. The molecule has 124 valence electrons. The minimum Gasteiger partial charge on any atom is -0.488 e. The van der Waals surface area contributed by atoms with E-state index in [4.69, 9.17) is 44.3 Å². The van der Waals surface area contributed by atoms with Crippen LogP contribution in [-0.4, -0.2) is 19.2 Å². The van der Waals surface area contributed by atoms with Crippen molar-refractivity contribution in [2.24, 2.45) is 0 Å². The second-order valence-electron chi connectivity index (χ2n) is 4.80. The van der Waals surface area contributed by atoms with Gasteiger partial charge in [-0.15, -0.1) is 11.3 Å². The van der Waals surface area contributed by atoms with Crippen molar-refractivity contribution < 1.29 is 14.3 Å². The predicted molar refractivity (Wildman–Crippen MR) is 99.1 cm³/mol. The molecule has 0 saturated heterocycles. The van der Waals surface area contributed by atoms with E-state index in [0.717, 1.165) is 10.1 Å². The van der Waals surface area contributed by atoms with Gasteiger partial charge >= 0.3 is 5.97 Å². The summed E-state index contributed by atoms with van der Waals surface area (Å²) in [6.45, 7) is 0.291. The summed E-state index contributed by atoms with van der Waals surface area (Å²) >= 11 is 19.4. The van der Waals surface area contributed by atoms with Crippen molar-refractivity contribution in [3.05, 3.63) is 62.4 Å². The van der Waals surface area contributed by atoms with Gasteiger partial charge in [-0.1, -0.05) is 53.0 Å². The number of carbonyl (C=O) groups excluding carboxylic acids is 1. The third-order valence-electron chi connectivity index (χ3n) is 3.19. The van der Waals surface area contributed by atoms with Crippen molar-refractivity contribution in [3.63, 3.8) is 0 Å². The number of ether oxygens (including phenoxy) is 2. The topological polar surface area (TPSA) is 35.5 Å². The first kappa shape index (κ1) is 17.4. The van der Waals surface area contributed by atoms with Crippen LogP contribution in [0.2, 0.25) is 15.1 Å². The van der Waals surface area contributed by atoms with Crippen LogP contribution in [0.25, 0.3) is 10.1 Å². The Bertz CT molecular complexity index is 892. The molecular weight excluding hydrogens is 391 g/mol. The third-order valence-corrected chi connectivity index (χ3v) is 5.37. The van der Waals surface area contributed by atoms with Crippen molar-refractivity contribution >= 4 is 62.2 Å². The largest absolute Gasteiger partial charge is 0.488 e. The van der Waals surface area contributed by atoms with Crippen molar-refractivity contribution in [3.8, 4) is 5.75 Å². The summed E-state index contributed by atoms with van der Waals surface area (Å²) in [7, 11) is 0. The smallest absolute Gasteiger partial charge is 0.350 e. The second kappa shape index (κ2) is 7.62. The standard InChI is InChI=1S/C17H11Cl3O3S/c18-10-5-6-11-14(9-10)24-16(15(11)20)17(21)23-8-7-22-13-4-2-1-3-12(13)19/h1-6,9H,7-8H2. The fourth-order valence-electron chi connectivity index (χ4n) is 2.08. The zero-order valence-electron chi connectivity index (χ0n) is 12.2. The minimum absolute atomic E-state index is 0.0926. The van der Waals surface area contributed by atoms with Crippen molar-refractivity contribution in [2.45, 2.75) is 0 Å². The lowest BCUT2D eigenvalue weighted by atomic mass is 10.2. The number of thiophene rings is 1. The quantitative estimate of drug-likeness (QED) is 0.383. The molecule has 0 fully saturated rings. The van der Waals surface area contributed by atoms with Gasteiger partial charge in [-0.3, -0.25) is 0 Å². The molecule has 0 N–H and O–H groups in total. The molecule has 0 radical (unpaired) electrons. The fourth-order valence-corrected chi connectivity index (χ4v) is 3.95. The lowest BCUT2D eigenvalue weighted by molar-refractivity contribution is 0.0456. The highest BCUT2D eigenvalue weighted by Gasteiger charge is 2.18. The van der Waals surface area contributed by atoms with E-state index >= 15 is 0 Å². The average Bonchev–Trinajstić information content (AvgIpc) is 2.89. The summed E-state index contributed by atoms with van der Waals surface area (Å²) in [6, 6.07) is 12.4. The molecule has 0 aliphatic heterocycles. The summed E-state index contributed by atoms with van der Waals surface area (Å²) in [4.78, 5) is 12.5. The molecule has 2 aromatic carbocycles. The van der Waals surface area contributed by atoms with Crippen molar-refractivity contribution in [1.82, 2.24) is 0 Å². The Morgan fingerprint density at radius 2 is 1.83 bits per heavy atom. The number of rotatable bonds is 5. The van der Waals surface area contributed by atoms with Crippen LogP contribution in [-0.2, 0) is 4.74 Å². The number of halogens is 3. The van der Waals surface area contributed by atoms with Crippen LogP contribution < -0.4 is 4.74 Å². The molecule has 0 saturated carbocycles. The van der Waals surface area contributed by atoms with Crippen LogP contribution in [0.4, 0.5) is 0 Å². The molecule has 0 spiro atoms. The molecule has 1 aromatic heterocycles. The molecular formula is C17H11Cl3O3S. The summed E-state index contributed by atoms with van der Waals surface area (Å²) in [6.07, 6.45) is 0. The lowest BCUT2D eigenvalue weighted by Crippen LogP contribution is -2.11. The van der Waals surface area contributed by atoms with Gasteiger partial charge in [0.2, 0.25) is 0 Å². The Hall–Kier alpha value is -1.46. The minimum atomic E-state index is -0.486. The third kappa shape index (κ3) is 3.78. The average molecular weight is 402 g/mol. The fraction of sp³-hybridized carbons (Fsp3) is 0.118. The number of para-hydroxylation sites is 1. The Kier molecular flexibility index (Phi) is 5.51. The summed E-state index contributed by atoms with van der Waals surface area (Å²) in [5.74, 6) is 0.0600. The highest BCUT2D eigenvalue weighted by molar-refractivity contribution is 7.21. The Balaban J connectivity index is 1.61. The van der Waals surface area contributed by atoms with Gasteiger partial charge < -0.3 is 9.47 Å². The molecule has 0 bridgehead atoms. The summed E-state index contributed by atoms with van der Waals surface area (Å²) < 4.78 is 11.5. The Labute approximate surface area is 157 Å². The Morgan fingerprint density at radius 3 is 2.62 bits per heavy atom. The SMILES string of the molecule is O=C(OCCOc1ccccc1Cl)c1sc2cc(Cl)ccc2c1Cl. The van der Waals surface area contributed by atoms with E-state index < -0.39 is 5.97 Å². The van der Waals surface area contributed by atoms with Crippen LogP contribution in [0.1, 0.15) is 9.67 Å². The van der Waals surface area contributed by atoms with Gasteiger partial charge in [0.25, 0.3) is 0 Å². The van der Waals surface area contributed by atoms with Gasteiger partial charge in [0.15, 0.2) is 0 Å². The molecule has 1 heterocycles. The first-order chi connectivity index (χ1) is 11.6. The van der Waals surface area contributed by atoms with Crippen LogP contribution in [0.5, 0.6) is 5.75 Å². The van der Waals surface area contributed by atoms with Gasteiger partial charge in [-0.05, 0) is 24.3 Å². The first-order valence-electron chi connectivity index (χ1n) is 6.98. The van der Waals surface area contributed by atoms with Crippen LogP contribution in [0.3, 0.4) is 0 Å². The van der Waals surface area contributed by atoms with Crippen molar-refractivity contribution in [2.75, 3.05) is 13.2 Å². The first-order valence-corrected chi connectivity index (χ1v) is 8.93. The molecule has 3 rings (SSSR count).